The number of nitrogens with two attached hydrogens (primary N) is 1. The lowest BCUT2D eigenvalue weighted by atomic mass is 10.1. The van der Waals surface area contributed by atoms with Crippen molar-refractivity contribution in [1.29, 1.82) is 0 Å². The summed E-state index contributed by atoms with van der Waals surface area (Å²) in [6.07, 6.45) is 1.31. The van der Waals surface area contributed by atoms with Crippen LogP contribution in [0.2, 0.25) is 0 Å². The van der Waals surface area contributed by atoms with Crippen molar-refractivity contribution in [3.05, 3.63) is 30.2 Å². The van der Waals surface area contributed by atoms with Crippen molar-refractivity contribution >= 4 is 17.1 Å². The predicted molar refractivity (Wildman–Crippen MR) is 48.6 cm³/mol. The Kier molecular flexibility index (Phi) is 1.94. The Morgan fingerprint density at radius 2 is 2.36 bits per heavy atom. The Morgan fingerprint density at radius 1 is 1.57 bits per heavy atom. The fraction of sp³-hybridized carbons (Fsp3) is 0.111. The first-order chi connectivity index (χ1) is 6.68. The third kappa shape index (κ3) is 1.33. The summed E-state index contributed by atoms with van der Waals surface area (Å²) in [5.74, 6) is -1.07. The second-order valence-electron chi connectivity index (χ2n) is 2.90. The lowest BCUT2D eigenvalue weighted by Crippen LogP contribution is -2.20. The van der Waals surface area contributed by atoms with E-state index in [1.807, 2.05) is 0 Å². The molecule has 1 unspecified atom stereocenters. The SMILES string of the molecule is NC(C(=O)O)c1ccc2ncoc2c1. The van der Waals surface area contributed by atoms with E-state index in [4.69, 9.17) is 15.3 Å². The number of rotatable bonds is 2. The van der Waals surface area contributed by atoms with Crippen molar-refractivity contribution in [3.8, 4) is 0 Å². The number of fused-ring (bicyclic) bond motifs is 1. The highest BCUT2D eigenvalue weighted by Crippen LogP contribution is 2.18. The largest absolute Gasteiger partial charge is 0.480 e. The summed E-state index contributed by atoms with van der Waals surface area (Å²) >= 11 is 0. The molecule has 2 aromatic rings. The van der Waals surface area contributed by atoms with Gasteiger partial charge in [0.2, 0.25) is 0 Å². The highest BCUT2D eigenvalue weighted by Gasteiger charge is 2.14. The number of aromatic nitrogens is 1. The van der Waals surface area contributed by atoms with Gasteiger partial charge in [0, 0.05) is 0 Å². The van der Waals surface area contributed by atoms with Gasteiger partial charge in [0.25, 0.3) is 0 Å². The fourth-order valence-electron chi connectivity index (χ4n) is 1.21. The second-order valence-corrected chi connectivity index (χ2v) is 2.90. The molecule has 5 nitrogen and oxygen atoms in total. The van der Waals surface area contributed by atoms with Gasteiger partial charge in [0.05, 0.1) is 0 Å². The maximum absolute atomic E-state index is 10.6. The van der Waals surface area contributed by atoms with Crippen molar-refractivity contribution in [1.82, 2.24) is 4.98 Å². The number of aliphatic carboxylic acids is 1. The molecule has 0 aliphatic rings. The van der Waals surface area contributed by atoms with E-state index in [2.05, 4.69) is 4.98 Å². The quantitative estimate of drug-likeness (QED) is 0.738. The summed E-state index contributed by atoms with van der Waals surface area (Å²) in [7, 11) is 0. The second kappa shape index (κ2) is 3.12. The van der Waals surface area contributed by atoms with E-state index in [9.17, 15) is 4.79 Å². The molecule has 5 heteroatoms. The smallest absolute Gasteiger partial charge is 0.325 e. The summed E-state index contributed by atoms with van der Waals surface area (Å²) in [6.45, 7) is 0. The Morgan fingerprint density at radius 3 is 3.07 bits per heavy atom. The monoisotopic (exact) mass is 192 g/mol. The Balaban J connectivity index is 2.48. The molecule has 2 rings (SSSR count). The van der Waals surface area contributed by atoms with Crippen molar-refractivity contribution in [3.63, 3.8) is 0 Å². The molecule has 1 heterocycles. The van der Waals surface area contributed by atoms with Crippen LogP contribution in [0.4, 0.5) is 0 Å². The van der Waals surface area contributed by atoms with E-state index in [0.29, 0.717) is 16.7 Å². The molecule has 1 aromatic heterocycles. The van der Waals surface area contributed by atoms with Crippen LogP contribution in [0.15, 0.2) is 29.0 Å². The average molecular weight is 192 g/mol. The molecule has 0 fully saturated rings. The molecule has 0 radical (unpaired) electrons. The number of carboxylic acid groups (broad SMARTS) is 1. The van der Waals surface area contributed by atoms with Crippen molar-refractivity contribution in [2.75, 3.05) is 0 Å². The van der Waals surface area contributed by atoms with E-state index in [1.54, 1.807) is 18.2 Å². The maximum Gasteiger partial charge on any atom is 0.325 e. The van der Waals surface area contributed by atoms with Gasteiger partial charge in [-0.1, -0.05) is 6.07 Å². The number of carbonyl (C=O) groups is 1. The van der Waals surface area contributed by atoms with E-state index >= 15 is 0 Å². The third-order valence-corrected chi connectivity index (χ3v) is 1.98. The van der Waals surface area contributed by atoms with Gasteiger partial charge in [-0.2, -0.15) is 0 Å². The number of hydrogen-bond donors (Lipinski definition) is 2. The first-order valence-electron chi connectivity index (χ1n) is 4.00. The molecule has 0 aliphatic heterocycles. The molecule has 0 saturated heterocycles. The number of nitrogens with zero attached hydrogens (tertiary/aromatic N) is 1. The zero-order valence-electron chi connectivity index (χ0n) is 7.18. The third-order valence-electron chi connectivity index (χ3n) is 1.98. The van der Waals surface area contributed by atoms with E-state index in [1.165, 1.54) is 6.39 Å². The molecule has 3 N–H and O–H groups in total. The van der Waals surface area contributed by atoms with Crippen LogP contribution in [0.1, 0.15) is 11.6 Å². The van der Waals surface area contributed by atoms with Crippen LogP contribution in [0, 0.1) is 0 Å². The highest BCUT2D eigenvalue weighted by atomic mass is 16.4. The minimum absolute atomic E-state index is 0.502. The topological polar surface area (TPSA) is 89.4 Å². The van der Waals surface area contributed by atoms with Crippen molar-refractivity contribution in [2.24, 2.45) is 5.73 Å². The van der Waals surface area contributed by atoms with Crippen LogP contribution in [0.5, 0.6) is 0 Å². The summed E-state index contributed by atoms with van der Waals surface area (Å²) in [5, 5.41) is 8.69. The highest BCUT2D eigenvalue weighted by molar-refractivity contribution is 5.79. The zero-order chi connectivity index (χ0) is 10.1. The van der Waals surface area contributed by atoms with E-state index in [0.717, 1.165) is 0 Å². The Hall–Kier alpha value is -1.88. The van der Waals surface area contributed by atoms with Crippen LogP contribution in [-0.4, -0.2) is 16.1 Å². The molecule has 0 amide bonds. The molecule has 0 spiro atoms. The Bertz CT molecular complexity index is 478. The van der Waals surface area contributed by atoms with Crippen LogP contribution < -0.4 is 5.73 Å². The number of oxazole rings is 1. The lowest BCUT2D eigenvalue weighted by molar-refractivity contribution is -0.138. The minimum atomic E-state index is -1.07. The number of benzene rings is 1. The molecular formula is C9H8N2O3. The van der Waals surface area contributed by atoms with Crippen LogP contribution in [0.3, 0.4) is 0 Å². The van der Waals surface area contributed by atoms with Gasteiger partial charge in [-0.05, 0) is 17.7 Å². The minimum Gasteiger partial charge on any atom is -0.480 e. The van der Waals surface area contributed by atoms with Gasteiger partial charge in [-0.25, -0.2) is 4.98 Å². The molecule has 0 aliphatic carbocycles. The van der Waals surface area contributed by atoms with Gasteiger partial charge in [-0.15, -0.1) is 0 Å². The van der Waals surface area contributed by atoms with Crippen molar-refractivity contribution < 1.29 is 14.3 Å². The lowest BCUT2D eigenvalue weighted by Gasteiger charge is -2.05. The summed E-state index contributed by atoms with van der Waals surface area (Å²) in [4.78, 5) is 14.5. The van der Waals surface area contributed by atoms with E-state index < -0.39 is 12.0 Å². The number of hydrogen-bond acceptors (Lipinski definition) is 4. The molecule has 0 saturated carbocycles. The van der Waals surface area contributed by atoms with Crippen LogP contribution in [0.25, 0.3) is 11.1 Å². The summed E-state index contributed by atoms with van der Waals surface area (Å²) in [6, 6.07) is 3.87. The van der Waals surface area contributed by atoms with Gasteiger partial charge >= 0.3 is 5.97 Å². The van der Waals surface area contributed by atoms with Crippen LogP contribution >= 0.6 is 0 Å². The van der Waals surface area contributed by atoms with Crippen molar-refractivity contribution in [2.45, 2.75) is 6.04 Å². The first kappa shape index (κ1) is 8.71. The normalized spacial score (nSPS) is 12.9. The summed E-state index contributed by atoms with van der Waals surface area (Å²) < 4.78 is 5.03. The first-order valence-corrected chi connectivity index (χ1v) is 4.00. The molecule has 72 valence electrons. The molecule has 1 atom stereocenters. The van der Waals surface area contributed by atoms with E-state index in [-0.39, 0.29) is 0 Å². The zero-order valence-corrected chi connectivity index (χ0v) is 7.18. The molecule has 1 aromatic carbocycles. The molecule has 14 heavy (non-hydrogen) atoms. The standard InChI is InChI=1S/C9H8N2O3/c10-8(9(12)13)5-1-2-6-7(3-5)14-4-11-6/h1-4,8H,10H2,(H,12,13). The predicted octanol–water partition coefficient (Wildman–Crippen LogP) is 0.912. The van der Waals surface area contributed by atoms with Crippen LogP contribution in [-0.2, 0) is 4.79 Å². The van der Waals surface area contributed by atoms with Gasteiger partial charge < -0.3 is 15.3 Å². The van der Waals surface area contributed by atoms with Gasteiger partial charge in [-0.3, -0.25) is 4.79 Å². The average Bonchev–Trinajstić information content (AvgIpc) is 2.62. The maximum atomic E-state index is 10.6. The molecular weight excluding hydrogens is 184 g/mol. The fourth-order valence-corrected chi connectivity index (χ4v) is 1.21. The summed E-state index contributed by atoms with van der Waals surface area (Å²) in [5.41, 5.74) is 7.16. The molecule has 0 bridgehead atoms. The Labute approximate surface area is 79.2 Å². The van der Waals surface area contributed by atoms with Gasteiger partial charge in [0.15, 0.2) is 12.0 Å². The van der Waals surface area contributed by atoms with Gasteiger partial charge in [0.1, 0.15) is 11.6 Å². The number of carboxylic acids is 1.